The van der Waals surface area contributed by atoms with Crippen molar-refractivity contribution in [1.29, 1.82) is 0 Å². The zero-order valence-corrected chi connectivity index (χ0v) is 11.6. The van der Waals surface area contributed by atoms with Crippen molar-refractivity contribution in [2.24, 2.45) is 5.92 Å². The number of carbonyl (C=O) groups is 1. The summed E-state index contributed by atoms with van der Waals surface area (Å²) in [7, 11) is 1.81. The number of hydrogen-bond acceptors (Lipinski definition) is 2. The van der Waals surface area contributed by atoms with E-state index in [9.17, 15) is 4.79 Å². The Morgan fingerprint density at radius 2 is 2.06 bits per heavy atom. The molecule has 0 radical (unpaired) electrons. The molecule has 0 unspecified atom stereocenters. The number of halogens is 1. The zero-order chi connectivity index (χ0) is 12.3. The summed E-state index contributed by atoms with van der Waals surface area (Å²) in [4.78, 5) is 18.2. The van der Waals surface area contributed by atoms with Crippen molar-refractivity contribution in [3.63, 3.8) is 0 Å². The van der Waals surface area contributed by atoms with Crippen LogP contribution in [-0.2, 0) is 4.79 Å². The predicted molar refractivity (Wildman–Crippen MR) is 71.9 cm³/mol. The largest absolute Gasteiger partial charge is 0.300 e. The molecule has 0 spiro atoms. The van der Waals surface area contributed by atoms with Crippen LogP contribution in [0.1, 0.15) is 32.1 Å². The number of carbonyl (C=O) groups excluding carboxylic acids is 1. The van der Waals surface area contributed by atoms with Gasteiger partial charge in [-0.05, 0) is 40.9 Å². The summed E-state index contributed by atoms with van der Waals surface area (Å²) in [5.41, 5.74) is 0. The second-order valence-corrected chi connectivity index (χ2v) is 5.48. The van der Waals surface area contributed by atoms with Gasteiger partial charge in [0.25, 0.3) is 0 Å². The highest BCUT2D eigenvalue weighted by atomic mass is 79.9. The molecule has 2 rings (SSSR count). The molecule has 0 bridgehead atoms. The summed E-state index contributed by atoms with van der Waals surface area (Å²) in [6.07, 6.45) is 7.40. The molecule has 0 aromatic carbocycles. The number of hydrogen-bond donors (Lipinski definition) is 0. The highest BCUT2D eigenvalue weighted by Gasteiger charge is 2.25. The predicted octanol–water partition coefficient (Wildman–Crippen LogP) is 3.39. The molecule has 92 valence electrons. The molecule has 1 saturated carbocycles. The van der Waals surface area contributed by atoms with Gasteiger partial charge in [0.1, 0.15) is 5.82 Å². The van der Waals surface area contributed by atoms with Gasteiger partial charge in [0.05, 0.1) is 0 Å². The van der Waals surface area contributed by atoms with Gasteiger partial charge in [0, 0.05) is 23.6 Å². The first-order chi connectivity index (χ1) is 8.18. The molecule has 1 aromatic rings. The minimum absolute atomic E-state index is 0.194. The molecule has 0 aliphatic heterocycles. The Bertz CT molecular complexity index is 385. The van der Waals surface area contributed by atoms with Crippen LogP contribution in [0.2, 0.25) is 0 Å². The standard InChI is InChI=1S/C13H17BrN2O/c1-16(12-8-7-11(14)9-15-12)13(17)10-5-3-2-4-6-10/h7-10H,2-6H2,1H3. The van der Waals surface area contributed by atoms with E-state index in [1.165, 1.54) is 19.3 Å². The van der Waals surface area contributed by atoms with E-state index in [-0.39, 0.29) is 11.8 Å². The normalized spacial score (nSPS) is 16.8. The number of aromatic nitrogens is 1. The van der Waals surface area contributed by atoms with Crippen LogP contribution in [-0.4, -0.2) is 17.9 Å². The quantitative estimate of drug-likeness (QED) is 0.838. The van der Waals surface area contributed by atoms with Crippen molar-refractivity contribution >= 4 is 27.7 Å². The number of pyridine rings is 1. The average molecular weight is 297 g/mol. The van der Waals surface area contributed by atoms with Gasteiger partial charge in [-0.3, -0.25) is 9.69 Å². The molecule has 0 N–H and O–H groups in total. The molecular formula is C13H17BrN2O. The first-order valence-corrected chi connectivity index (χ1v) is 6.87. The number of rotatable bonds is 2. The molecule has 1 fully saturated rings. The van der Waals surface area contributed by atoms with Gasteiger partial charge in [-0.2, -0.15) is 0 Å². The van der Waals surface area contributed by atoms with Crippen LogP contribution in [0.4, 0.5) is 5.82 Å². The van der Waals surface area contributed by atoms with Gasteiger partial charge < -0.3 is 0 Å². The van der Waals surface area contributed by atoms with Gasteiger partial charge in [0.2, 0.25) is 5.91 Å². The van der Waals surface area contributed by atoms with Crippen LogP contribution in [0.25, 0.3) is 0 Å². The van der Waals surface area contributed by atoms with Crippen LogP contribution in [0.15, 0.2) is 22.8 Å². The maximum absolute atomic E-state index is 12.3. The summed E-state index contributed by atoms with van der Waals surface area (Å²) >= 11 is 3.34. The monoisotopic (exact) mass is 296 g/mol. The van der Waals surface area contributed by atoms with Crippen molar-refractivity contribution in [1.82, 2.24) is 4.98 Å². The van der Waals surface area contributed by atoms with Gasteiger partial charge >= 0.3 is 0 Å². The zero-order valence-electron chi connectivity index (χ0n) is 10.0. The molecule has 3 nitrogen and oxygen atoms in total. The van der Waals surface area contributed by atoms with Crippen LogP contribution in [0.3, 0.4) is 0 Å². The summed E-state index contributed by atoms with van der Waals surface area (Å²) in [6, 6.07) is 3.78. The van der Waals surface area contributed by atoms with Crippen molar-refractivity contribution in [2.45, 2.75) is 32.1 Å². The lowest BCUT2D eigenvalue weighted by atomic mass is 9.88. The van der Waals surface area contributed by atoms with E-state index in [2.05, 4.69) is 20.9 Å². The second kappa shape index (κ2) is 5.63. The van der Waals surface area contributed by atoms with Crippen molar-refractivity contribution in [2.75, 3.05) is 11.9 Å². The average Bonchev–Trinajstić information content (AvgIpc) is 2.39. The lowest BCUT2D eigenvalue weighted by Gasteiger charge is -2.25. The number of anilines is 1. The first kappa shape index (κ1) is 12.6. The fourth-order valence-corrected chi connectivity index (χ4v) is 2.54. The van der Waals surface area contributed by atoms with Gasteiger partial charge in [0.15, 0.2) is 0 Å². The van der Waals surface area contributed by atoms with Gasteiger partial charge in [-0.25, -0.2) is 4.98 Å². The third-order valence-corrected chi connectivity index (χ3v) is 3.81. The SMILES string of the molecule is CN(C(=O)C1CCCCC1)c1ccc(Br)cn1. The van der Waals surface area contributed by atoms with Crippen LogP contribution < -0.4 is 4.90 Å². The maximum Gasteiger partial charge on any atom is 0.230 e. The molecule has 1 aromatic heterocycles. The number of amides is 1. The molecule has 17 heavy (non-hydrogen) atoms. The van der Waals surface area contributed by atoms with Crippen LogP contribution in [0.5, 0.6) is 0 Å². The van der Waals surface area contributed by atoms with E-state index in [0.717, 1.165) is 23.1 Å². The van der Waals surface area contributed by atoms with Crippen molar-refractivity contribution < 1.29 is 4.79 Å². The highest BCUT2D eigenvalue weighted by molar-refractivity contribution is 9.10. The van der Waals surface area contributed by atoms with E-state index in [1.807, 2.05) is 19.2 Å². The molecular weight excluding hydrogens is 280 g/mol. The summed E-state index contributed by atoms with van der Waals surface area (Å²) < 4.78 is 0.930. The summed E-state index contributed by atoms with van der Waals surface area (Å²) in [5.74, 6) is 1.13. The van der Waals surface area contributed by atoms with Crippen molar-refractivity contribution in [3.8, 4) is 0 Å². The maximum atomic E-state index is 12.3. The Morgan fingerprint density at radius 3 is 2.65 bits per heavy atom. The Hall–Kier alpha value is -0.900. The fourth-order valence-electron chi connectivity index (χ4n) is 2.30. The van der Waals surface area contributed by atoms with E-state index in [1.54, 1.807) is 11.1 Å². The smallest absolute Gasteiger partial charge is 0.230 e. The Kier molecular flexibility index (Phi) is 4.15. The lowest BCUT2D eigenvalue weighted by Crippen LogP contribution is -2.34. The van der Waals surface area contributed by atoms with E-state index in [4.69, 9.17) is 0 Å². The van der Waals surface area contributed by atoms with Gasteiger partial charge in [-0.15, -0.1) is 0 Å². The molecule has 1 heterocycles. The second-order valence-electron chi connectivity index (χ2n) is 4.57. The molecule has 1 aliphatic carbocycles. The summed E-state index contributed by atoms with van der Waals surface area (Å²) in [5, 5.41) is 0. The molecule has 0 atom stereocenters. The minimum atomic E-state index is 0.194. The molecule has 4 heteroatoms. The van der Waals surface area contributed by atoms with Crippen LogP contribution >= 0.6 is 15.9 Å². The fraction of sp³-hybridized carbons (Fsp3) is 0.538. The van der Waals surface area contributed by atoms with Crippen molar-refractivity contribution in [3.05, 3.63) is 22.8 Å². The number of nitrogens with zero attached hydrogens (tertiary/aromatic N) is 2. The molecule has 0 saturated heterocycles. The highest BCUT2D eigenvalue weighted by Crippen LogP contribution is 2.26. The third-order valence-electron chi connectivity index (χ3n) is 3.34. The Labute approximate surface area is 110 Å². The Balaban J connectivity index is 2.05. The first-order valence-electron chi connectivity index (χ1n) is 6.07. The third kappa shape index (κ3) is 3.06. The molecule has 1 amide bonds. The van der Waals surface area contributed by atoms with E-state index >= 15 is 0 Å². The molecule has 1 aliphatic rings. The lowest BCUT2D eigenvalue weighted by molar-refractivity contribution is -0.123. The van der Waals surface area contributed by atoms with E-state index < -0.39 is 0 Å². The Morgan fingerprint density at radius 1 is 1.35 bits per heavy atom. The summed E-state index contributed by atoms with van der Waals surface area (Å²) in [6.45, 7) is 0. The topological polar surface area (TPSA) is 33.2 Å². The minimum Gasteiger partial charge on any atom is -0.300 e. The van der Waals surface area contributed by atoms with E-state index in [0.29, 0.717) is 0 Å². The van der Waals surface area contributed by atoms with Crippen LogP contribution in [0, 0.1) is 5.92 Å². The van der Waals surface area contributed by atoms with Gasteiger partial charge in [-0.1, -0.05) is 19.3 Å².